The molecule has 6 nitrogen and oxygen atoms in total. The molecule has 1 atom stereocenters. The molecule has 1 aliphatic heterocycles. The molecule has 126 valence electrons. The summed E-state index contributed by atoms with van der Waals surface area (Å²) in [5.74, 6) is -0.0766. The molecule has 6 heteroatoms. The van der Waals surface area contributed by atoms with Crippen molar-refractivity contribution in [2.45, 2.75) is 45.2 Å². The number of hydrogen-bond donors (Lipinski definition) is 3. The molecular formula is C17H25N3O3. The Kier molecular flexibility index (Phi) is 5.26. The molecular weight excluding hydrogens is 294 g/mol. The van der Waals surface area contributed by atoms with E-state index in [0.29, 0.717) is 0 Å². The molecule has 1 aliphatic rings. The quantitative estimate of drug-likeness (QED) is 0.797. The van der Waals surface area contributed by atoms with Gasteiger partial charge in [0.1, 0.15) is 5.75 Å². The fraction of sp³-hybridized carbons (Fsp3) is 0.529. The van der Waals surface area contributed by atoms with E-state index < -0.39 is 6.03 Å². The molecule has 1 fully saturated rings. The Bertz CT molecular complexity index is 563. The van der Waals surface area contributed by atoms with Gasteiger partial charge in [-0.2, -0.15) is 0 Å². The number of nitrogens with one attached hydrogen (secondary N) is 2. The number of amides is 3. The van der Waals surface area contributed by atoms with E-state index in [2.05, 4.69) is 15.5 Å². The molecule has 0 saturated carbocycles. The Morgan fingerprint density at radius 1 is 1.26 bits per heavy atom. The molecule has 1 saturated heterocycles. The molecule has 1 aromatic rings. The third-order valence-corrected chi connectivity index (χ3v) is 3.73. The first-order valence-electron chi connectivity index (χ1n) is 7.89. The molecule has 0 spiro atoms. The minimum Gasteiger partial charge on any atom is -0.508 e. The van der Waals surface area contributed by atoms with Crippen LogP contribution in [-0.4, -0.2) is 40.6 Å². The Labute approximate surface area is 136 Å². The van der Waals surface area contributed by atoms with Crippen molar-refractivity contribution in [1.82, 2.24) is 15.5 Å². The normalized spacial score (nSPS) is 18.7. The first kappa shape index (κ1) is 17.3. The molecule has 1 aromatic carbocycles. The standard InChI is InChI=1S/C17H25N3O3/c1-17(2,3)19-16(23)18-15(22)11-20-10-4-5-14(20)12-6-8-13(21)9-7-12/h6-9,14,21H,4-5,10-11H2,1-3H3,(H2,18,19,22,23)/t14-/m1/s1. The van der Waals surface area contributed by atoms with Crippen molar-refractivity contribution < 1.29 is 14.7 Å². The maximum atomic E-state index is 12.1. The second kappa shape index (κ2) is 7.00. The molecule has 3 amide bonds. The fourth-order valence-corrected chi connectivity index (χ4v) is 2.81. The average molecular weight is 319 g/mol. The minimum atomic E-state index is -0.470. The highest BCUT2D eigenvalue weighted by molar-refractivity contribution is 5.95. The van der Waals surface area contributed by atoms with Crippen LogP contribution in [0.5, 0.6) is 5.75 Å². The van der Waals surface area contributed by atoms with Crippen LogP contribution in [0.3, 0.4) is 0 Å². The van der Waals surface area contributed by atoms with E-state index in [1.807, 2.05) is 32.9 Å². The number of phenolic OH excluding ortho intramolecular Hbond substituents is 1. The summed E-state index contributed by atoms with van der Waals surface area (Å²) in [5, 5.41) is 14.5. The number of urea groups is 1. The molecule has 0 radical (unpaired) electrons. The van der Waals surface area contributed by atoms with Crippen LogP contribution in [-0.2, 0) is 4.79 Å². The van der Waals surface area contributed by atoms with Gasteiger partial charge in [-0.15, -0.1) is 0 Å². The summed E-state index contributed by atoms with van der Waals surface area (Å²) in [5.41, 5.74) is 0.694. The van der Waals surface area contributed by atoms with E-state index in [9.17, 15) is 14.7 Å². The Morgan fingerprint density at radius 3 is 2.52 bits per heavy atom. The van der Waals surface area contributed by atoms with Crippen LogP contribution >= 0.6 is 0 Å². The second-order valence-electron chi connectivity index (χ2n) is 6.97. The average Bonchev–Trinajstić information content (AvgIpc) is 2.85. The largest absolute Gasteiger partial charge is 0.508 e. The molecule has 3 N–H and O–H groups in total. The summed E-state index contributed by atoms with van der Waals surface area (Å²) < 4.78 is 0. The van der Waals surface area contributed by atoms with Crippen molar-refractivity contribution in [3.05, 3.63) is 29.8 Å². The van der Waals surface area contributed by atoms with E-state index in [1.165, 1.54) is 0 Å². The highest BCUT2D eigenvalue weighted by Crippen LogP contribution is 2.32. The summed E-state index contributed by atoms with van der Waals surface area (Å²) >= 11 is 0. The number of hydrogen-bond acceptors (Lipinski definition) is 4. The summed E-state index contributed by atoms with van der Waals surface area (Å²) in [6.07, 6.45) is 1.97. The topological polar surface area (TPSA) is 81.7 Å². The van der Waals surface area contributed by atoms with Gasteiger partial charge in [-0.25, -0.2) is 4.79 Å². The van der Waals surface area contributed by atoms with Crippen molar-refractivity contribution in [1.29, 1.82) is 0 Å². The number of carbonyl (C=O) groups excluding carboxylic acids is 2. The van der Waals surface area contributed by atoms with Gasteiger partial charge in [-0.05, 0) is 57.9 Å². The zero-order chi connectivity index (χ0) is 17.0. The number of imide groups is 1. The van der Waals surface area contributed by atoms with Gasteiger partial charge >= 0.3 is 6.03 Å². The van der Waals surface area contributed by atoms with Crippen LogP contribution in [0.4, 0.5) is 4.79 Å². The van der Waals surface area contributed by atoms with Crippen molar-refractivity contribution in [2.24, 2.45) is 0 Å². The zero-order valence-electron chi connectivity index (χ0n) is 13.9. The van der Waals surface area contributed by atoms with Crippen LogP contribution in [0.25, 0.3) is 0 Å². The van der Waals surface area contributed by atoms with Gasteiger partial charge in [0, 0.05) is 11.6 Å². The highest BCUT2D eigenvalue weighted by atomic mass is 16.3. The van der Waals surface area contributed by atoms with Gasteiger partial charge in [0.15, 0.2) is 0 Å². The van der Waals surface area contributed by atoms with E-state index in [1.54, 1.807) is 12.1 Å². The van der Waals surface area contributed by atoms with Gasteiger partial charge in [-0.1, -0.05) is 12.1 Å². The molecule has 0 bridgehead atoms. The van der Waals surface area contributed by atoms with Crippen molar-refractivity contribution in [3.63, 3.8) is 0 Å². The lowest BCUT2D eigenvalue weighted by atomic mass is 10.0. The Morgan fingerprint density at radius 2 is 1.91 bits per heavy atom. The maximum absolute atomic E-state index is 12.1. The number of carbonyl (C=O) groups is 2. The Hall–Kier alpha value is -2.08. The monoisotopic (exact) mass is 319 g/mol. The maximum Gasteiger partial charge on any atom is 0.321 e. The van der Waals surface area contributed by atoms with Crippen molar-refractivity contribution in [3.8, 4) is 5.75 Å². The second-order valence-corrected chi connectivity index (χ2v) is 6.97. The molecule has 0 aliphatic carbocycles. The van der Waals surface area contributed by atoms with Crippen LogP contribution in [0.2, 0.25) is 0 Å². The van der Waals surface area contributed by atoms with Gasteiger partial charge in [-0.3, -0.25) is 15.0 Å². The third kappa shape index (κ3) is 5.25. The van der Waals surface area contributed by atoms with Crippen LogP contribution in [0.15, 0.2) is 24.3 Å². The first-order chi connectivity index (χ1) is 10.7. The number of rotatable bonds is 3. The fourth-order valence-electron chi connectivity index (χ4n) is 2.81. The number of benzene rings is 1. The lowest BCUT2D eigenvalue weighted by Crippen LogP contribution is -2.50. The van der Waals surface area contributed by atoms with E-state index in [-0.39, 0.29) is 29.8 Å². The molecule has 0 aromatic heterocycles. The molecule has 23 heavy (non-hydrogen) atoms. The lowest BCUT2D eigenvalue weighted by Gasteiger charge is -2.25. The summed E-state index contributed by atoms with van der Waals surface area (Å²) in [4.78, 5) is 25.9. The summed E-state index contributed by atoms with van der Waals surface area (Å²) in [6, 6.07) is 6.74. The van der Waals surface area contributed by atoms with Crippen molar-refractivity contribution in [2.75, 3.05) is 13.1 Å². The van der Waals surface area contributed by atoms with Crippen molar-refractivity contribution >= 4 is 11.9 Å². The third-order valence-electron chi connectivity index (χ3n) is 3.73. The van der Waals surface area contributed by atoms with Gasteiger partial charge in [0.2, 0.25) is 5.91 Å². The predicted octanol–water partition coefficient (Wildman–Crippen LogP) is 2.15. The molecule has 0 unspecified atom stereocenters. The highest BCUT2D eigenvalue weighted by Gasteiger charge is 2.28. The number of aromatic hydroxyl groups is 1. The number of nitrogens with zero attached hydrogens (tertiary/aromatic N) is 1. The molecule has 1 heterocycles. The van der Waals surface area contributed by atoms with Crippen LogP contribution in [0, 0.1) is 0 Å². The van der Waals surface area contributed by atoms with Crippen LogP contribution < -0.4 is 10.6 Å². The molecule has 2 rings (SSSR count). The van der Waals surface area contributed by atoms with E-state index in [4.69, 9.17) is 0 Å². The van der Waals surface area contributed by atoms with Crippen LogP contribution in [0.1, 0.15) is 45.2 Å². The minimum absolute atomic E-state index is 0.145. The summed E-state index contributed by atoms with van der Waals surface area (Å²) in [6.45, 7) is 6.58. The van der Waals surface area contributed by atoms with Gasteiger partial charge in [0.25, 0.3) is 0 Å². The Balaban J connectivity index is 1.92. The van der Waals surface area contributed by atoms with Gasteiger partial charge in [0.05, 0.1) is 6.54 Å². The SMILES string of the molecule is CC(C)(C)NC(=O)NC(=O)CN1CCC[C@@H]1c1ccc(O)cc1. The van der Waals surface area contributed by atoms with E-state index in [0.717, 1.165) is 24.9 Å². The smallest absolute Gasteiger partial charge is 0.321 e. The zero-order valence-corrected chi connectivity index (χ0v) is 13.9. The summed E-state index contributed by atoms with van der Waals surface area (Å²) in [7, 11) is 0. The van der Waals surface area contributed by atoms with E-state index >= 15 is 0 Å². The lowest BCUT2D eigenvalue weighted by molar-refractivity contribution is -0.121. The first-order valence-corrected chi connectivity index (χ1v) is 7.89. The van der Waals surface area contributed by atoms with Gasteiger partial charge < -0.3 is 10.4 Å². The predicted molar refractivity (Wildman–Crippen MR) is 88.1 cm³/mol. The number of likely N-dealkylation sites (tertiary alicyclic amines) is 1. The number of phenols is 1.